The van der Waals surface area contributed by atoms with Crippen molar-refractivity contribution in [2.45, 2.75) is 6.92 Å². The second-order valence-corrected chi connectivity index (χ2v) is 5.34. The van der Waals surface area contributed by atoms with Crippen molar-refractivity contribution >= 4 is 22.1 Å². The number of thiophene rings is 1. The van der Waals surface area contributed by atoms with Crippen LogP contribution in [0.25, 0.3) is 21.2 Å². The Balaban J connectivity index is 2.34. The molecule has 17 heavy (non-hydrogen) atoms. The molecule has 84 valence electrons. The van der Waals surface area contributed by atoms with Crippen LogP contribution in [0.4, 0.5) is 4.39 Å². The molecule has 0 radical (unpaired) electrons. The van der Waals surface area contributed by atoms with Gasteiger partial charge in [-0.1, -0.05) is 30.3 Å². The lowest BCUT2D eigenvalue weighted by atomic mass is 10.0. The van der Waals surface area contributed by atoms with Gasteiger partial charge in [0.1, 0.15) is 5.82 Å². The Morgan fingerprint density at radius 1 is 0.882 bits per heavy atom. The lowest BCUT2D eigenvalue weighted by molar-refractivity contribution is 0.640. The maximum absolute atomic E-state index is 13.7. The van der Waals surface area contributed by atoms with Crippen molar-refractivity contribution in [3.05, 3.63) is 59.2 Å². The second kappa shape index (κ2) is 3.97. The molecule has 0 saturated heterocycles. The van der Waals surface area contributed by atoms with E-state index in [-0.39, 0.29) is 5.82 Å². The van der Waals surface area contributed by atoms with E-state index in [2.05, 4.69) is 19.1 Å². The first-order valence-electron chi connectivity index (χ1n) is 5.50. The minimum absolute atomic E-state index is 0.155. The summed E-state index contributed by atoms with van der Waals surface area (Å²) >= 11 is 1.74. The van der Waals surface area contributed by atoms with E-state index in [1.165, 1.54) is 9.75 Å². The average molecular weight is 242 g/mol. The van der Waals surface area contributed by atoms with E-state index in [1.807, 2.05) is 30.3 Å². The molecule has 1 heterocycles. The Labute approximate surface area is 103 Å². The van der Waals surface area contributed by atoms with Crippen LogP contribution in [0, 0.1) is 12.7 Å². The number of halogens is 1. The Hall–Kier alpha value is -1.67. The Kier molecular flexibility index (Phi) is 2.45. The Bertz CT molecular complexity index is 682. The van der Waals surface area contributed by atoms with Crippen LogP contribution in [0.3, 0.4) is 0 Å². The fourth-order valence-electron chi connectivity index (χ4n) is 2.06. The maximum atomic E-state index is 13.7. The fraction of sp³-hybridized carbons (Fsp3) is 0.0667. The van der Waals surface area contributed by atoms with Gasteiger partial charge in [-0.25, -0.2) is 4.39 Å². The molecule has 3 rings (SSSR count). The summed E-state index contributed by atoms with van der Waals surface area (Å²) in [6, 6.07) is 15.2. The van der Waals surface area contributed by atoms with Crippen molar-refractivity contribution in [3.8, 4) is 10.4 Å². The van der Waals surface area contributed by atoms with E-state index in [1.54, 1.807) is 17.4 Å². The summed E-state index contributed by atoms with van der Waals surface area (Å²) in [5.41, 5.74) is 1.11. The predicted molar refractivity (Wildman–Crippen MR) is 72.0 cm³/mol. The van der Waals surface area contributed by atoms with E-state index in [0.29, 0.717) is 5.39 Å². The van der Waals surface area contributed by atoms with Gasteiger partial charge in [-0.05, 0) is 36.1 Å². The zero-order chi connectivity index (χ0) is 11.8. The summed E-state index contributed by atoms with van der Waals surface area (Å²) in [6.07, 6.45) is 0. The normalized spacial score (nSPS) is 10.9. The van der Waals surface area contributed by atoms with Gasteiger partial charge in [0, 0.05) is 15.1 Å². The molecule has 0 fully saturated rings. The largest absolute Gasteiger partial charge is 0.206 e. The summed E-state index contributed by atoms with van der Waals surface area (Å²) in [5, 5.41) is 1.67. The SMILES string of the molecule is Cc1ccc(-c2ccc(F)c3ccccc23)s1. The van der Waals surface area contributed by atoms with Gasteiger partial charge in [0.25, 0.3) is 0 Å². The fourth-order valence-corrected chi connectivity index (χ4v) is 2.96. The highest BCUT2D eigenvalue weighted by Crippen LogP contribution is 2.34. The molecule has 0 nitrogen and oxygen atoms in total. The minimum Gasteiger partial charge on any atom is -0.206 e. The summed E-state index contributed by atoms with van der Waals surface area (Å²) in [6.45, 7) is 2.08. The minimum atomic E-state index is -0.155. The van der Waals surface area contributed by atoms with Crippen LogP contribution in [0.5, 0.6) is 0 Å². The molecule has 0 saturated carbocycles. The molecule has 2 aromatic carbocycles. The van der Waals surface area contributed by atoms with Gasteiger partial charge in [-0.3, -0.25) is 0 Å². The number of hydrogen-bond acceptors (Lipinski definition) is 1. The summed E-state index contributed by atoms with van der Waals surface area (Å²) in [5.74, 6) is -0.155. The molecule has 0 spiro atoms. The van der Waals surface area contributed by atoms with Gasteiger partial charge < -0.3 is 0 Å². The standard InChI is InChI=1S/C15H11FS/c1-10-6-9-15(17-10)13-7-8-14(16)12-5-3-2-4-11(12)13/h2-9H,1H3. The van der Waals surface area contributed by atoms with Crippen molar-refractivity contribution in [3.63, 3.8) is 0 Å². The third kappa shape index (κ3) is 1.75. The zero-order valence-electron chi connectivity index (χ0n) is 9.41. The predicted octanol–water partition coefficient (Wildman–Crippen LogP) is 5.02. The van der Waals surface area contributed by atoms with Crippen LogP contribution in [0.15, 0.2) is 48.5 Å². The maximum Gasteiger partial charge on any atom is 0.131 e. The van der Waals surface area contributed by atoms with Crippen molar-refractivity contribution < 1.29 is 4.39 Å². The third-order valence-electron chi connectivity index (χ3n) is 2.88. The van der Waals surface area contributed by atoms with Crippen LogP contribution in [0.2, 0.25) is 0 Å². The van der Waals surface area contributed by atoms with Crippen LogP contribution >= 0.6 is 11.3 Å². The number of aryl methyl sites for hydroxylation is 1. The lowest BCUT2D eigenvalue weighted by Gasteiger charge is -2.05. The zero-order valence-corrected chi connectivity index (χ0v) is 10.2. The first-order valence-corrected chi connectivity index (χ1v) is 6.31. The topological polar surface area (TPSA) is 0 Å². The van der Waals surface area contributed by atoms with Gasteiger partial charge in [0.15, 0.2) is 0 Å². The molecule has 0 atom stereocenters. The van der Waals surface area contributed by atoms with Gasteiger partial charge >= 0.3 is 0 Å². The second-order valence-electron chi connectivity index (χ2n) is 4.05. The van der Waals surface area contributed by atoms with Crippen LogP contribution in [-0.2, 0) is 0 Å². The van der Waals surface area contributed by atoms with Crippen molar-refractivity contribution in [1.29, 1.82) is 0 Å². The highest BCUT2D eigenvalue weighted by atomic mass is 32.1. The summed E-state index contributed by atoms with van der Waals surface area (Å²) in [7, 11) is 0. The van der Waals surface area contributed by atoms with E-state index in [9.17, 15) is 4.39 Å². The highest BCUT2D eigenvalue weighted by Gasteiger charge is 2.08. The monoisotopic (exact) mass is 242 g/mol. The number of hydrogen-bond donors (Lipinski definition) is 0. The smallest absolute Gasteiger partial charge is 0.131 e. The molecule has 1 aromatic heterocycles. The molecular formula is C15H11FS. The Morgan fingerprint density at radius 3 is 2.35 bits per heavy atom. The van der Waals surface area contributed by atoms with Gasteiger partial charge in [0.2, 0.25) is 0 Å². The van der Waals surface area contributed by atoms with Crippen LogP contribution < -0.4 is 0 Å². The molecule has 3 aromatic rings. The number of fused-ring (bicyclic) bond motifs is 1. The van der Waals surface area contributed by atoms with Crippen molar-refractivity contribution in [1.82, 2.24) is 0 Å². The summed E-state index contributed by atoms with van der Waals surface area (Å²) < 4.78 is 13.7. The highest BCUT2D eigenvalue weighted by molar-refractivity contribution is 7.15. The van der Waals surface area contributed by atoms with Crippen molar-refractivity contribution in [2.24, 2.45) is 0 Å². The van der Waals surface area contributed by atoms with E-state index >= 15 is 0 Å². The van der Waals surface area contributed by atoms with Gasteiger partial charge in [0.05, 0.1) is 0 Å². The molecule has 0 aliphatic carbocycles. The first kappa shape index (κ1) is 10.5. The Morgan fingerprint density at radius 2 is 1.65 bits per heavy atom. The van der Waals surface area contributed by atoms with Crippen molar-refractivity contribution in [2.75, 3.05) is 0 Å². The first-order chi connectivity index (χ1) is 8.25. The molecule has 0 amide bonds. The van der Waals surface area contributed by atoms with Crippen LogP contribution in [0.1, 0.15) is 4.88 Å². The molecular weight excluding hydrogens is 231 g/mol. The molecule has 0 aliphatic rings. The molecule has 0 bridgehead atoms. The molecule has 0 aliphatic heterocycles. The molecule has 0 unspecified atom stereocenters. The van der Waals surface area contributed by atoms with E-state index in [4.69, 9.17) is 0 Å². The quantitative estimate of drug-likeness (QED) is 0.562. The average Bonchev–Trinajstić information content (AvgIpc) is 2.77. The van der Waals surface area contributed by atoms with Gasteiger partial charge in [-0.2, -0.15) is 0 Å². The van der Waals surface area contributed by atoms with Gasteiger partial charge in [-0.15, -0.1) is 11.3 Å². The summed E-state index contributed by atoms with van der Waals surface area (Å²) in [4.78, 5) is 2.46. The number of benzene rings is 2. The molecule has 2 heteroatoms. The van der Waals surface area contributed by atoms with E-state index < -0.39 is 0 Å². The third-order valence-corrected chi connectivity index (χ3v) is 3.91. The van der Waals surface area contributed by atoms with E-state index in [0.717, 1.165) is 10.9 Å². The molecule has 0 N–H and O–H groups in total. The number of rotatable bonds is 1. The van der Waals surface area contributed by atoms with Crippen LogP contribution in [-0.4, -0.2) is 0 Å². The lowest BCUT2D eigenvalue weighted by Crippen LogP contribution is -1.82.